The number of rotatable bonds is 3. The molecule has 0 N–H and O–H groups in total. The van der Waals surface area contributed by atoms with Gasteiger partial charge in [-0.1, -0.05) is 0 Å². The second kappa shape index (κ2) is 4.83. The highest BCUT2D eigenvalue weighted by atomic mass is 32.2. The Hall–Kier alpha value is -1.50. The van der Waals surface area contributed by atoms with Crippen molar-refractivity contribution in [3.63, 3.8) is 0 Å². The van der Waals surface area contributed by atoms with Crippen LogP contribution in [0.3, 0.4) is 0 Å². The molecule has 0 aliphatic rings. The van der Waals surface area contributed by atoms with Gasteiger partial charge in [0.1, 0.15) is 5.56 Å². The van der Waals surface area contributed by atoms with Crippen molar-refractivity contribution in [2.24, 2.45) is 0 Å². The van der Waals surface area contributed by atoms with Gasteiger partial charge in [0.2, 0.25) is 11.0 Å². The van der Waals surface area contributed by atoms with Crippen LogP contribution >= 0.6 is 0 Å². The predicted molar refractivity (Wildman–Crippen MR) is 52.3 cm³/mol. The number of ether oxygens (including phenoxy) is 2. The van der Waals surface area contributed by atoms with Gasteiger partial charge in [-0.2, -0.15) is 4.98 Å². The van der Waals surface area contributed by atoms with Gasteiger partial charge in [0, 0.05) is 6.26 Å². The zero-order valence-electron chi connectivity index (χ0n) is 8.51. The molecule has 1 aromatic heterocycles. The third-order valence-corrected chi connectivity index (χ3v) is 2.30. The van der Waals surface area contributed by atoms with Crippen molar-refractivity contribution < 1.29 is 18.5 Å². The van der Waals surface area contributed by atoms with Crippen LogP contribution in [0.5, 0.6) is 5.88 Å². The molecule has 0 spiro atoms. The van der Waals surface area contributed by atoms with Crippen molar-refractivity contribution in [2.75, 3.05) is 20.5 Å². The van der Waals surface area contributed by atoms with Crippen LogP contribution in [0.15, 0.2) is 11.4 Å². The smallest absolute Gasteiger partial charge is 0.344 e. The highest BCUT2D eigenvalue weighted by Crippen LogP contribution is 2.15. The number of methoxy groups -OCH3 is 2. The molecule has 15 heavy (non-hydrogen) atoms. The number of aromatic nitrogens is 2. The first-order valence-corrected chi connectivity index (χ1v) is 5.48. The molecule has 1 aromatic rings. The minimum Gasteiger partial charge on any atom is -0.480 e. The quantitative estimate of drug-likeness (QED) is 0.537. The van der Waals surface area contributed by atoms with Crippen molar-refractivity contribution in [3.8, 4) is 5.88 Å². The van der Waals surface area contributed by atoms with E-state index in [0.29, 0.717) is 0 Å². The van der Waals surface area contributed by atoms with E-state index < -0.39 is 16.8 Å². The van der Waals surface area contributed by atoms with Gasteiger partial charge in [-0.05, 0) is 0 Å². The lowest BCUT2D eigenvalue weighted by Gasteiger charge is -2.05. The summed E-state index contributed by atoms with van der Waals surface area (Å²) in [4.78, 5) is 18.8. The summed E-state index contributed by atoms with van der Waals surface area (Å²) >= 11 is 0. The van der Waals surface area contributed by atoms with E-state index >= 15 is 0 Å². The molecule has 0 fully saturated rings. The number of hydrogen-bond donors (Lipinski definition) is 0. The molecule has 0 aliphatic carbocycles. The van der Waals surface area contributed by atoms with E-state index in [2.05, 4.69) is 14.7 Å². The highest BCUT2D eigenvalue weighted by molar-refractivity contribution is 7.84. The minimum absolute atomic E-state index is 0.0575. The topological polar surface area (TPSA) is 78.4 Å². The van der Waals surface area contributed by atoms with Gasteiger partial charge in [-0.3, -0.25) is 4.21 Å². The van der Waals surface area contributed by atoms with Crippen LogP contribution in [0.2, 0.25) is 0 Å². The first-order valence-electron chi connectivity index (χ1n) is 3.93. The molecule has 0 saturated heterocycles. The normalized spacial score (nSPS) is 11.9. The van der Waals surface area contributed by atoms with Crippen molar-refractivity contribution in [2.45, 2.75) is 5.16 Å². The molecule has 0 radical (unpaired) electrons. The summed E-state index contributed by atoms with van der Waals surface area (Å²) in [6, 6.07) is 0. The van der Waals surface area contributed by atoms with Crippen LogP contribution in [-0.4, -0.2) is 40.6 Å². The van der Waals surface area contributed by atoms with Crippen LogP contribution in [0.4, 0.5) is 0 Å². The zero-order chi connectivity index (χ0) is 11.4. The van der Waals surface area contributed by atoms with Gasteiger partial charge in [-0.15, -0.1) is 0 Å². The lowest BCUT2D eigenvalue weighted by atomic mass is 10.3. The highest BCUT2D eigenvalue weighted by Gasteiger charge is 2.16. The Kier molecular flexibility index (Phi) is 3.73. The van der Waals surface area contributed by atoms with Crippen LogP contribution < -0.4 is 4.74 Å². The van der Waals surface area contributed by atoms with Crippen molar-refractivity contribution >= 4 is 16.8 Å². The fourth-order valence-corrected chi connectivity index (χ4v) is 1.31. The average molecular weight is 230 g/mol. The molecule has 7 heteroatoms. The number of nitrogens with zero attached hydrogens (tertiary/aromatic N) is 2. The minimum atomic E-state index is -1.32. The molecule has 6 nitrogen and oxygen atoms in total. The molecule has 0 aromatic carbocycles. The molecule has 0 bridgehead atoms. The van der Waals surface area contributed by atoms with Crippen molar-refractivity contribution in [3.05, 3.63) is 11.8 Å². The Morgan fingerprint density at radius 3 is 2.60 bits per heavy atom. The molecular weight excluding hydrogens is 220 g/mol. The second-order valence-corrected chi connectivity index (χ2v) is 3.79. The van der Waals surface area contributed by atoms with Gasteiger partial charge in [0.05, 0.1) is 31.2 Å². The summed E-state index contributed by atoms with van der Waals surface area (Å²) < 4.78 is 20.5. The number of carbonyl (C=O) groups excluding carboxylic acids is 1. The molecule has 0 aliphatic heterocycles. The molecule has 1 rings (SSSR count). The van der Waals surface area contributed by atoms with E-state index in [4.69, 9.17) is 4.74 Å². The number of carbonyl (C=O) groups is 1. The van der Waals surface area contributed by atoms with Gasteiger partial charge < -0.3 is 9.47 Å². The standard InChI is InChI=1S/C8H10N2O4S/c1-13-6-5(7(11)14-2)4-9-8(10-6)15(3)12/h4H,1-3H3. The Morgan fingerprint density at radius 2 is 2.13 bits per heavy atom. The largest absolute Gasteiger partial charge is 0.480 e. The molecule has 0 amide bonds. The molecule has 0 saturated carbocycles. The Bertz CT molecular complexity index is 408. The molecule has 1 heterocycles. The fourth-order valence-electron chi connectivity index (χ4n) is 0.895. The third kappa shape index (κ3) is 2.50. The zero-order valence-corrected chi connectivity index (χ0v) is 9.33. The third-order valence-electron chi connectivity index (χ3n) is 1.59. The molecule has 82 valence electrons. The van der Waals surface area contributed by atoms with Gasteiger partial charge in [0.25, 0.3) is 0 Å². The summed E-state index contributed by atoms with van der Waals surface area (Å²) in [5.74, 6) is -0.540. The molecule has 1 unspecified atom stereocenters. The lowest BCUT2D eigenvalue weighted by molar-refractivity contribution is 0.0595. The van der Waals surface area contributed by atoms with Crippen LogP contribution in [0, 0.1) is 0 Å². The van der Waals surface area contributed by atoms with E-state index in [0.717, 1.165) is 0 Å². The average Bonchev–Trinajstić information content (AvgIpc) is 2.27. The first kappa shape index (κ1) is 11.6. The first-order chi connectivity index (χ1) is 7.10. The SMILES string of the molecule is COC(=O)c1cnc(S(C)=O)nc1OC. The summed E-state index contributed by atoms with van der Waals surface area (Å²) in [5.41, 5.74) is 0.106. The Morgan fingerprint density at radius 1 is 1.47 bits per heavy atom. The molecule has 1 atom stereocenters. The van der Waals surface area contributed by atoms with E-state index in [1.54, 1.807) is 0 Å². The maximum Gasteiger partial charge on any atom is 0.344 e. The van der Waals surface area contributed by atoms with Gasteiger partial charge >= 0.3 is 5.97 Å². The van der Waals surface area contributed by atoms with Crippen LogP contribution in [0.1, 0.15) is 10.4 Å². The second-order valence-electron chi connectivity index (χ2n) is 2.52. The summed E-state index contributed by atoms with van der Waals surface area (Å²) in [7, 11) is 1.28. The van der Waals surface area contributed by atoms with E-state index in [9.17, 15) is 9.00 Å². The van der Waals surface area contributed by atoms with Crippen molar-refractivity contribution in [1.82, 2.24) is 9.97 Å². The summed E-state index contributed by atoms with van der Waals surface area (Å²) in [6.07, 6.45) is 2.67. The molecular formula is C8H10N2O4S. The van der Waals surface area contributed by atoms with Crippen LogP contribution in [-0.2, 0) is 15.5 Å². The lowest BCUT2D eigenvalue weighted by Crippen LogP contribution is -2.09. The van der Waals surface area contributed by atoms with E-state index in [1.165, 1.54) is 26.7 Å². The Balaban J connectivity index is 3.20. The maximum absolute atomic E-state index is 11.2. The monoisotopic (exact) mass is 230 g/mol. The summed E-state index contributed by atoms with van der Waals surface area (Å²) in [6.45, 7) is 0. The van der Waals surface area contributed by atoms with Crippen LogP contribution in [0.25, 0.3) is 0 Å². The number of esters is 1. The van der Waals surface area contributed by atoms with E-state index in [1.807, 2.05) is 0 Å². The maximum atomic E-state index is 11.2. The summed E-state index contributed by atoms with van der Waals surface area (Å²) in [5, 5.41) is 0.111. The van der Waals surface area contributed by atoms with Gasteiger partial charge in [0.15, 0.2) is 0 Å². The Labute approximate surface area is 89.1 Å². The predicted octanol–water partition coefficient (Wildman–Crippen LogP) is 0.00920. The van der Waals surface area contributed by atoms with Crippen molar-refractivity contribution in [1.29, 1.82) is 0 Å². The number of hydrogen-bond acceptors (Lipinski definition) is 6. The van der Waals surface area contributed by atoms with Gasteiger partial charge in [-0.25, -0.2) is 9.78 Å². The van der Waals surface area contributed by atoms with E-state index in [-0.39, 0.29) is 16.6 Å². The fraction of sp³-hybridized carbons (Fsp3) is 0.375.